The Hall–Kier alpha value is -1.91. The number of amides is 1. The van der Waals surface area contributed by atoms with Crippen LogP contribution >= 0.6 is 0 Å². The number of rotatable bonds is 4. The number of alkyl carbamates (subject to hydrolysis) is 1. The molecule has 0 heterocycles. The number of benzene rings is 1. The van der Waals surface area contributed by atoms with Gasteiger partial charge in [-0.05, 0) is 52.2 Å². The predicted octanol–water partition coefficient (Wildman–Crippen LogP) is 3.89. The minimum absolute atomic E-state index is 0. The van der Waals surface area contributed by atoms with Crippen LogP contribution in [0.1, 0.15) is 52.1 Å². The van der Waals surface area contributed by atoms with Crippen LogP contribution in [0.25, 0.3) is 0 Å². The number of carbonyl (C=O) groups is 1. The SMILES string of the molecule is COc1ccc(OC)c2c1CCCC2CNC(=O)OC(C)(C)C.[HH]. The molecule has 1 aliphatic carbocycles. The largest absolute Gasteiger partial charge is 0.496 e. The molecule has 1 N–H and O–H groups in total. The molecule has 1 aliphatic rings. The Morgan fingerprint density at radius 2 is 1.91 bits per heavy atom. The van der Waals surface area contributed by atoms with E-state index in [9.17, 15) is 4.79 Å². The molecule has 0 aromatic heterocycles. The van der Waals surface area contributed by atoms with Gasteiger partial charge in [-0.1, -0.05) is 0 Å². The van der Waals surface area contributed by atoms with Gasteiger partial charge >= 0.3 is 6.09 Å². The number of methoxy groups -OCH3 is 2. The average molecular weight is 323 g/mol. The molecule has 0 saturated carbocycles. The lowest BCUT2D eigenvalue weighted by atomic mass is 9.81. The maximum atomic E-state index is 11.9. The molecule has 0 radical (unpaired) electrons. The maximum Gasteiger partial charge on any atom is 0.407 e. The molecule has 130 valence electrons. The van der Waals surface area contributed by atoms with Crippen LogP contribution in [0.5, 0.6) is 11.5 Å². The molecule has 1 aromatic rings. The smallest absolute Gasteiger partial charge is 0.407 e. The second kappa shape index (κ2) is 7.11. The van der Waals surface area contributed by atoms with E-state index in [1.807, 2.05) is 32.9 Å². The highest BCUT2D eigenvalue weighted by atomic mass is 16.6. The van der Waals surface area contributed by atoms with Gasteiger partial charge in [0.05, 0.1) is 14.2 Å². The van der Waals surface area contributed by atoms with Crippen molar-refractivity contribution in [1.82, 2.24) is 5.32 Å². The summed E-state index contributed by atoms with van der Waals surface area (Å²) in [5.74, 6) is 1.95. The molecule has 1 aromatic carbocycles. The lowest BCUT2D eigenvalue weighted by Crippen LogP contribution is -2.35. The molecule has 1 amide bonds. The molecule has 1 atom stereocenters. The predicted molar refractivity (Wildman–Crippen MR) is 91.6 cm³/mol. The van der Waals surface area contributed by atoms with E-state index in [0.717, 1.165) is 36.3 Å². The van der Waals surface area contributed by atoms with Crippen molar-refractivity contribution in [2.45, 2.75) is 51.6 Å². The van der Waals surface area contributed by atoms with Crippen LogP contribution in [0.15, 0.2) is 12.1 Å². The standard InChI is InChI=1S/C18H27NO4.H2/c1-18(2,3)23-17(20)19-11-12-7-6-8-13-14(21-4)9-10-15(22-5)16(12)13;/h9-10,12H,6-8,11H2,1-5H3,(H,19,20);1H. The summed E-state index contributed by atoms with van der Waals surface area (Å²) >= 11 is 0. The maximum absolute atomic E-state index is 11.9. The first kappa shape index (κ1) is 17.4. The molecule has 0 spiro atoms. The van der Waals surface area contributed by atoms with Crippen molar-refractivity contribution < 1.29 is 20.4 Å². The van der Waals surface area contributed by atoms with E-state index < -0.39 is 5.60 Å². The van der Waals surface area contributed by atoms with Gasteiger partial charge in [-0.3, -0.25) is 0 Å². The molecule has 23 heavy (non-hydrogen) atoms. The highest BCUT2D eigenvalue weighted by molar-refractivity contribution is 5.68. The summed E-state index contributed by atoms with van der Waals surface area (Å²) in [4.78, 5) is 11.9. The fraction of sp³-hybridized carbons (Fsp3) is 0.611. The lowest BCUT2D eigenvalue weighted by molar-refractivity contribution is 0.0523. The first-order chi connectivity index (χ1) is 10.9. The van der Waals surface area contributed by atoms with Gasteiger partial charge in [-0.2, -0.15) is 0 Å². The summed E-state index contributed by atoms with van der Waals surface area (Å²) in [5, 5.41) is 2.88. The van der Waals surface area contributed by atoms with E-state index in [1.54, 1.807) is 14.2 Å². The van der Waals surface area contributed by atoms with E-state index in [0.29, 0.717) is 6.54 Å². The van der Waals surface area contributed by atoms with Crippen molar-refractivity contribution in [2.24, 2.45) is 0 Å². The second-order valence-corrected chi connectivity index (χ2v) is 6.83. The van der Waals surface area contributed by atoms with Crippen molar-refractivity contribution >= 4 is 6.09 Å². The number of ether oxygens (including phenoxy) is 3. The third kappa shape index (κ3) is 4.30. The molecule has 1 unspecified atom stereocenters. The van der Waals surface area contributed by atoms with Crippen molar-refractivity contribution in [3.05, 3.63) is 23.3 Å². The van der Waals surface area contributed by atoms with E-state index >= 15 is 0 Å². The Kier molecular flexibility index (Phi) is 5.39. The summed E-state index contributed by atoms with van der Waals surface area (Å²) < 4.78 is 16.3. The molecule has 0 saturated heterocycles. The monoisotopic (exact) mass is 323 g/mol. The van der Waals surface area contributed by atoms with Gasteiger partial charge in [0.1, 0.15) is 17.1 Å². The third-order valence-electron chi connectivity index (χ3n) is 3.99. The summed E-state index contributed by atoms with van der Waals surface area (Å²) in [7, 11) is 3.36. The molecule has 5 nitrogen and oxygen atoms in total. The quantitative estimate of drug-likeness (QED) is 0.913. The normalized spacial score (nSPS) is 17.2. The van der Waals surface area contributed by atoms with E-state index in [2.05, 4.69) is 5.32 Å². The summed E-state index contributed by atoms with van der Waals surface area (Å²) in [6, 6.07) is 3.88. The topological polar surface area (TPSA) is 56.8 Å². The number of nitrogens with one attached hydrogen (secondary N) is 1. The van der Waals surface area contributed by atoms with Gasteiger partial charge in [0, 0.05) is 25.0 Å². The molecule has 0 fully saturated rings. The van der Waals surface area contributed by atoms with Crippen molar-refractivity contribution in [2.75, 3.05) is 20.8 Å². The Morgan fingerprint density at radius 1 is 1.26 bits per heavy atom. The Balaban J connectivity index is 0.00000288. The van der Waals surface area contributed by atoms with Crippen molar-refractivity contribution in [3.8, 4) is 11.5 Å². The van der Waals surface area contributed by atoms with Crippen LogP contribution in [0.3, 0.4) is 0 Å². The van der Waals surface area contributed by atoms with Crippen LogP contribution in [0, 0.1) is 0 Å². The van der Waals surface area contributed by atoms with E-state index in [-0.39, 0.29) is 13.4 Å². The summed E-state index contributed by atoms with van der Waals surface area (Å²) in [5.41, 5.74) is 1.85. The first-order valence-corrected chi connectivity index (χ1v) is 8.06. The highest BCUT2D eigenvalue weighted by Gasteiger charge is 2.27. The first-order valence-electron chi connectivity index (χ1n) is 8.06. The lowest BCUT2D eigenvalue weighted by Gasteiger charge is -2.29. The van der Waals surface area contributed by atoms with Crippen LogP contribution in [0.4, 0.5) is 4.79 Å². The van der Waals surface area contributed by atoms with Gasteiger partial charge in [0.25, 0.3) is 0 Å². The van der Waals surface area contributed by atoms with Crippen LogP contribution in [-0.4, -0.2) is 32.5 Å². The fourth-order valence-corrected chi connectivity index (χ4v) is 3.09. The minimum Gasteiger partial charge on any atom is -0.496 e. The molecule has 0 bridgehead atoms. The Labute approximate surface area is 139 Å². The summed E-state index contributed by atoms with van der Waals surface area (Å²) in [6.45, 7) is 6.11. The van der Waals surface area contributed by atoms with Gasteiger partial charge in [0.2, 0.25) is 0 Å². The number of hydrogen-bond acceptors (Lipinski definition) is 4. The Morgan fingerprint density at radius 3 is 2.52 bits per heavy atom. The summed E-state index contributed by atoms with van der Waals surface area (Å²) in [6.07, 6.45) is 2.66. The van der Waals surface area contributed by atoms with Gasteiger partial charge < -0.3 is 19.5 Å². The molecule has 5 heteroatoms. The van der Waals surface area contributed by atoms with Crippen LogP contribution in [-0.2, 0) is 11.2 Å². The van der Waals surface area contributed by atoms with Gasteiger partial charge in [0.15, 0.2) is 0 Å². The molecule has 2 rings (SSSR count). The Bertz CT molecular complexity index is 569. The van der Waals surface area contributed by atoms with Gasteiger partial charge in [-0.25, -0.2) is 4.79 Å². The van der Waals surface area contributed by atoms with E-state index in [4.69, 9.17) is 14.2 Å². The third-order valence-corrected chi connectivity index (χ3v) is 3.99. The minimum atomic E-state index is -0.491. The molecular weight excluding hydrogens is 294 g/mol. The molecular formula is C18H29NO4. The highest BCUT2D eigenvalue weighted by Crippen LogP contribution is 2.42. The van der Waals surface area contributed by atoms with Crippen molar-refractivity contribution in [1.29, 1.82) is 0 Å². The van der Waals surface area contributed by atoms with Gasteiger partial charge in [-0.15, -0.1) is 0 Å². The fourth-order valence-electron chi connectivity index (χ4n) is 3.09. The zero-order valence-corrected chi connectivity index (χ0v) is 14.7. The number of carbonyl (C=O) groups excluding carboxylic acids is 1. The van der Waals surface area contributed by atoms with E-state index in [1.165, 1.54) is 5.56 Å². The second-order valence-electron chi connectivity index (χ2n) is 6.83. The number of hydrogen-bond donors (Lipinski definition) is 1. The number of fused-ring (bicyclic) bond motifs is 1. The molecule has 0 aliphatic heterocycles. The zero-order chi connectivity index (χ0) is 17.0. The van der Waals surface area contributed by atoms with Crippen molar-refractivity contribution in [3.63, 3.8) is 0 Å². The van der Waals surface area contributed by atoms with Crippen LogP contribution in [0.2, 0.25) is 0 Å². The van der Waals surface area contributed by atoms with Crippen LogP contribution < -0.4 is 14.8 Å². The zero-order valence-electron chi connectivity index (χ0n) is 14.7. The average Bonchev–Trinajstić information content (AvgIpc) is 2.50.